The van der Waals surface area contributed by atoms with Crippen molar-refractivity contribution in [2.45, 2.75) is 214 Å². The first-order valence-electron chi connectivity index (χ1n) is 25.5. The molecule has 0 bridgehead atoms. The maximum absolute atomic E-state index is 6.57. The maximum atomic E-state index is 6.57. The van der Waals surface area contributed by atoms with Crippen molar-refractivity contribution in [3.8, 4) is 0 Å². The van der Waals surface area contributed by atoms with Crippen LogP contribution in [0.1, 0.15) is 202 Å². The molecule has 0 aliphatic heterocycles. The number of hydrogen-bond donors (Lipinski definition) is 0. The molecular formula is C54H97NO3. The van der Waals surface area contributed by atoms with E-state index in [-0.39, 0.29) is 0 Å². The number of rotatable bonds is 31. The summed E-state index contributed by atoms with van der Waals surface area (Å²) in [7, 11) is 4.30. The zero-order chi connectivity index (χ0) is 41.6. The number of likely N-dealkylation sites (N-methyl/N-ethyl adjacent to an activating group) is 1. The van der Waals surface area contributed by atoms with Gasteiger partial charge in [0, 0.05) is 19.8 Å². The van der Waals surface area contributed by atoms with Gasteiger partial charge in [0.15, 0.2) is 0 Å². The Labute approximate surface area is 361 Å². The van der Waals surface area contributed by atoms with Gasteiger partial charge in [0.2, 0.25) is 0 Å². The van der Waals surface area contributed by atoms with E-state index in [4.69, 9.17) is 14.2 Å². The molecule has 0 heterocycles. The molecule has 4 nitrogen and oxygen atoms in total. The molecule has 0 N–H and O–H groups in total. The molecule has 4 heteroatoms. The second kappa shape index (κ2) is 27.2. The topological polar surface area (TPSA) is 30.9 Å². The zero-order valence-electron chi connectivity index (χ0n) is 39.9. The highest BCUT2D eigenvalue weighted by atomic mass is 16.5. The smallest absolute Gasteiger partial charge is 0.0644 e. The van der Waals surface area contributed by atoms with E-state index in [1.807, 2.05) is 0 Å². The summed E-state index contributed by atoms with van der Waals surface area (Å²) in [5, 5.41) is 0. The van der Waals surface area contributed by atoms with Crippen LogP contribution in [0.3, 0.4) is 0 Å². The Morgan fingerprint density at radius 2 is 1.36 bits per heavy atom. The number of nitrogens with zero attached hydrogens (tertiary/aromatic N) is 1. The molecule has 9 atom stereocenters. The minimum absolute atomic E-state index is 0.317. The lowest BCUT2D eigenvalue weighted by atomic mass is 9.47. The number of hydrogen-bond acceptors (Lipinski definition) is 4. The van der Waals surface area contributed by atoms with Crippen molar-refractivity contribution < 1.29 is 14.2 Å². The van der Waals surface area contributed by atoms with Crippen molar-refractivity contribution in [3.63, 3.8) is 0 Å². The van der Waals surface area contributed by atoms with Crippen LogP contribution in [0.2, 0.25) is 0 Å². The standard InChI is InChI=1S/C54H97NO3/c1-9-10-11-12-13-14-15-16-17-18-19-20-21-22-23-24-38-56-42-47(55(7)8)43-57-39-25-26-40-58-48-34-36-53(5)46(41-48)30-31-49-51-33-32-50(45(4)29-27-28-44(2)3)54(51,6)37-35-52(49)53/h13-14,16-17,30,44-45,47-52H,9-12,15,18-29,31-43H2,1-8H3/t45-,47-,48+,49+,50-,51+,52+,53+,54-/m1/s1. The molecule has 58 heavy (non-hydrogen) atoms. The summed E-state index contributed by atoms with van der Waals surface area (Å²) >= 11 is 0. The maximum Gasteiger partial charge on any atom is 0.0644 e. The first-order chi connectivity index (χ1) is 28.1. The quantitative estimate of drug-likeness (QED) is 0.0516. The molecule has 4 aliphatic carbocycles. The fraction of sp³-hybridized carbons (Fsp3) is 0.889. The molecule has 0 radical (unpaired) electrons. The van der Waals surface area contributed by atoms with E-state index < -0.39 is 0 Å². The van der Waals surface area contributed by atoms with Crippen molar-refractivity contribution in [3.05, 3.63) is 36.0 Å². The molecule has 4 aliphatic rings. The van der Waals surface area contributed by atoms with Crippen LogP contribution in [0.25, 0.3) is 0 Å². The second-order valence-corrected chi connectivity index (χ2v) is 21.1. The lowest BCUT2D eigenvalue weighted by Gasteiger charge is -2.58. The summed E-state index contributed by atoms with van der Waals surface area (Å²) in [6.07, 6.45) is 45.3. The third kappa shape index (κ3) is 15.8. The first kappa shape index (κ1) is 49.7. The Hall–Kier alpha value is -0.940. The average Bonchev–Trinajstić information content (AvgIpc) is 3.56. The average molecular weight is 808 g/mol. The molecule has 0 saturated heterocycles. The molecule has 0 aromatic rings. The van der Waals surface area contributed by atoms with Gasteiger partial charge >= 0.3 is 0 Å². The van der Waals surface area contributed by atoms with Crippen LogP contribution in [-0.4, -0.2) is 64.2 Å². The van der Waals surface area contributed by atoms with Crippen molar-refractivity contribution in [2.75, 3.05) is 47.1 Å². The SMILES string of the molecule is CCCCCC=CCC=CCCCCCCCCOC[C@H](COCCCCO[C@H]1CC[C@@]2(C)C(=CC[C@H]3[C@@H]4CC[C@H]([C@H](C)CCCC(C)C)[C@@]4(C)CC[C@@H]32)C1)N(C)C. The van der Waals surface area contributed by atoms with Crippen molar-refractivity contribution >= 4 is 0 Å². The Bertz CT molecular complexity index is 1170. The van der Waals surface area contributed by atoms with Gasteiger partial charge in [-0.2, -0.15) is 0 Å². The Morgan fingerprint density at radius 1 is 0.707 bits per heavy atom. The lowest BCUT2D eigenvalue weighted by molar-refractivity contribution is -0.0643. The highest BCUT2D eigenvalue weighted by Crippen LogP contribution is 2.67. The van der Waals surface area contributed by atoms with E-state index in [0.29, 0.717) is 23.0 Å². The summed E-state index contributed by atoms with van der Waals surface area (Å²) < 4.78 is 18.8. The van der Waals surface area contributed by atoms with Crippen LogP contribution in [0.5, 0.6) is 0 Å². The fourth-order valence-electron chi connectivity index (χ4n) is 12.3. The second-order valence-electron chi connectivity index (χ2n) is 21.1. The molecule has 4 rings (SSSR count). The van der Waals surface area contributed by atoms with Crippen molar-refractivity contribution in [1.29, 1.82) is 0 Å². The molecule has 0 amide bonds. The Morgan fingerprint density at radius 3 is 2.05 bits per heavy atom. The molecule has 3 saturated carbocycles. The highest BCUT2D eigenvalue weighted by molar-refractivity contribution is 5.25. The van der Waals surface area contributed by atoms with Crippen LogP contribution in [0, 0.1) is 46.3 Å². The molecule has 336 valence electrons. The lowest BCUT2D eigenvalue weighted by Crippen LogP contribution is -2.51. The van der Waals surface area contributed by atoms with Gasteiger partial charge in [0.25, 0.3) is 0 Å². The van der Waals surface area contributed by atoms with Crippen LogP contribution in [0.15, 0.2) is 36.0 Å². The van der Waals surface area contributed by atoms with E-state index in [0.717, 1.165) is 87.8 Å². The number of ether oxygens (including phenoxy) is 3. The van der Waals surface area contributed by atoms with Gasteiger partial charge in [-0.05, 0) is 163 Å². The van der Waals surface area contributed by atoms with Crippen molar-refractivity contribution in [1.82, 2.24) is 4.90 Å². The molecule has 3 fully saturated rings. The summed E-state index contributed by atoms with van der Waals surface area (Å²) in [5.74, 6) is 5.44. The number of unbranched alkanes of at least 4 members (excludes halogenated alkanes) is 10. The van der Waals surface area contributed by atoms with Crippen LogP contribution >= 0.6 is 0 Å². The van der Waals surface area contributed by atoms with E-state index in [1.54, 1.807) is 5.57 Å². The third-order valence-corrected chi connectivity index (χ3v) is 16.1. The monoisotopic (exact) mass is 808 g/mol. The minimum atomic E-state index is 0.317. The number of fused-ring (bicyclic) bond motifs is 5. The van der Waals surface area contributed by atoms with Gasteiger partial charge < -0.3 is 19.1 Å². The summed E-state index contributed by atoms with van der Waals surface area (Å²) in [6, 6.07) is 0.317. The molecule has 0 unspecified atom stereocenters. The highest BCUT2D eigenvalue weighted by Gasteiger charge is 2.59. The normalized spacial score (nSPS) is 29.6. The summed E-state index contributed by atoms with van der Waals surface area (Å²) in [5.41, 5.74) is 2.75. The molecule has 0 aromatic heterocycles. The van der Waals surface area contributed by atoms with Gasteiger partial charge in [-0.25, -0.2) is 0 Å². The Balaban J connectivity index is 1.01. The van der Waals surface area contributed by atoms with Gasteiger partial charge in [0.05, 0.1) is 25.4 Å². The number of allylic oxidation sites excluding steroid dienone is 5. The third-order valence-electron chi connectivity index (χ3n) is 16.1. The molecule has 0 aromatic carbocycles. The van der Waals surface area contributed by atoms with E-state index in [9.17, 15) is 0 Å². The summed E-state index contributed by atoms with van der Waals surface area (Å²) in [4.78, 5) is 2.26. The fourth-order valence-corrected chi connectivity index (χ4v) is 12.3. The van der Waals surface area contributed by atoms with Gasteiger partial charge in [-0.1, -0.05) is 135 Å². The van der Waals surface area contributed by atoms with Gasteiger partial charge in [-0.15, -0.1) is 0 Å². The van der Waals surface area contributed by atoms with Gasteiger partial charge in [0.1, 0.15) is 0 Å². The van der Waals surface area contributed by atoms with Crippen LogP contribution in [-0.2, 0) is 14.2 Å². The van der Waals surface area contributed by atoms with Crippen LogP contribution < -0.4 is 0 Å². The van der Waals surface area contributed by atoms with Gasteiger partial charge in [-0.3, -0.25) is 0 Å². The Kier molecular flexibility index (Phi) is 23.3. The predicted molar refractivity (Wildman–Crippen MR) is 250 cm³/mol. The van der Waals surface area contributed by atoms with Crippen LogP contribution in [0.4, 0.5) is 0 Å². The molecule has 0 spiro atoms. The van der Waals surface area contributed by atoms with E-state index in [1.165, 1.54) is 141 Å². The summed E-state index contributed by atoms with van der Waals surface area (Å²) in [6.45, 7) is 19.1. The first-order valence-corrected chi connectivity index (χ1v) is 25.5. The zero-order valence-corrected chi connectivity index (χ0v) is 39.9. The van der Waals surface area contributed by atoms with E-state index >= 15 is 0 Å². The molecular weight excluding hydrogens is 711 g/mol. The predicted octanol–water partition coefficient (Wildman–Crippen LogP) is 15.0. The van der Waals surface area contributed by atoms with E-state index in [2.05, 4.69) is 90.9 Å². The minimum Gasteiger partial charge on any atom is -0.380 e. The largest absolute Gasteiger partial charge is 0.380 e. The van der Waals surface area contributed by atoms with Crippen molar-refractivity contribution in [2.24, 2.45) is 46.3 Å².